The zero-order valence-electron chi connectivity index (χ0n) is 14.7. The van der Waals surface area contributed by atoms with Crippen LogP contribution in [0.3, 0.4) is 0 Å². The first-order valence-electron chi connectivity index (χ1n) is 7.85. The van der Waals surface area contributed by atoms with E-state index in [1.165, 1.54) is 0 Å². The average molecular weight is 336 g/mol. The van der Waals surface area contributed by atoms with E-state index >= 15 is 0 Å². The van der Waals surface area contributed by atoms with E-state index in [0.29, 0.717) is 11.5 Å². The Morgan fingerprint density at radius 2 is 1.00 bits per heavy atom. The summed E-state index contributed by atoms with van der Waals surface area (Å²) < 4.78 is 5.82. The highest BCUT2D eigenvalue weighted by atomic mass is 16.5. The molecule has 0 unspecified atom stereocenters. The minimum absolute atomic E-state index is 0.618. The Morgan fingerprint density at radius 3 is 1.28 bits per heavy atom. The molecule has 0 amide bonds. The predicted molar refractivity (Wildman–Crippen MR) is 95.3 cm³/mol. The Morgan fingerprint density at radius 1 is 0.680 bits per heavy atom. The average Bonchev–Trinajstić information content (AvgIpc) is 2.56. The maximum Gasteiger partial charge on any atom is 0.235 e. The molecule has 0 atom stereocenters. The second-order valence-corrected chi connectivity index (χ2v) is 6.68. The predicted octanol–water partition coefficient (Wildman–Crippen LogP) is 4.62. The van der Waals surface area contributed by atoms with E-state index in [1.54, 1.807) is 12.2 Å². The van der Waals surface area contributed by atoms with Gasteiger partial charge in [0.1, 0.15) is 11.5 Å². The van der Waals surface area contributed by atoms with Gasteiger partial charge in [-0.2, -0.15) is 9.98 Å². The van der Waals surface area contributed by atoms with Crippen molar-refractivity contribution in [2.24, 2.45) is 9.98 Å². The maximum absolute atomic E-state index is 10.5. The first-order valence-corrected chi connectivity index (χ1v) is 7.85. The molecule has 0 aliphatic carbocycles. The minimum atomic E-state index is -0.618. The lowest BCUT2D eigenvalue weighted by molar-refractivity contribution is 0.478. The molecule has 0 spiro atoms. The smallest absolute Gasteiger partial charge is 0.235 e. The van der Waals surface area contributed by atoms with Gasteiger partial charge in [0.15, 0.2) is 0 Å². The topological polar surface area (TPSA) is 68.1 Å². The fourth-order valence-electron chi connectivity index (χ4n) is 2.36. The second kappa shape index (κ2) is 7.27. The lowest BCUT2D eigenvalue weighted by Crippen LogP contribution is -2.13. The van der Waals surface area contributed by atoms with Crippen LogP contribution in [0.4, 0.5) is 0 Å². The second-order valence-electron chi connectivity index (χ2n) is 6.68. The van der Waals surface area contributed by atoms with Gasteiger partial charge in [0.2, 0.25) is 12.2 Å². The SMILES string of the molecule is CC(C)(N=C=O)c1ccc(Oc2ccc(C(C)(C)N=C=O)cc2)cc1. The molecule has 0 saturated carbocycles. The van der Waals surface area contributed by atoms with Crippen molar-refractivity contribution in [1.29, 1.82) is 0 Å². The van der Waals surface area contributed by atoms with Crippen LogP contribution >= 0.6 is 0 Å². The number of ether oxygens (including phenoxy) is 1. The molecule has 0 N–H and O–H groups in total. The van der Waals surface area contributed by atoms with E-state index in [2.05, 4.69) is 9.98 Å². The Labute approximate surface area is 147 Å². The molecule has 0 aromatic heterocycles. The number of hydrogen-bond acceptors (Lipinski definition) is 5. The highest BCUT2D eigenvalue weighted by Gasteiger charge is 2.20. The zero-order valence-corrected chi connectivity index (χ0v) is 14.7. The number of nitrogens with zero attached hydrogens (tertiary/aromatic N) is 2. The highest BCUT2D eigenvalue weighted by molar-refractivity contribution is 5.41. The Bertz CT molecular complexity index is 753. The summed E-state index contributed by atoms with van der Waals surface area (Å²) in [7, 11) is 0. The van der Waals surface area contributed by atoms with Gasteiger partial charge in [-0.15, -0.1) is 0 Å². The molecule has 0 radical (unpaired) electrons. The third-order valence-corrected chi connectivity index (χ3v) is 4.01. The van der Waals surface area contributed by atoms with E-state index < -0.39 is 11.1 Å². The summed E-state index contributed by atoms with van der Waals surface area (Å²) in [6.45, 7) is 7.37. The normalized spacial score (nSPS) is 11.2. The van der Waals surface area contributed by atoms with Crippen molar-refractivity contribution in [3.63, 3.8) is 0 Å². The number of isocyanates is 2. The number of carbonyl (C=O) groups excluding carboxylic acids is 2. The third kappa shape index (κ3) is 4.51. The van der Waals surface area contributed by atoms with E-state index in [4.69, 9.17) is 4.74 Å². The first kappa shape index (κ1) is 18.3. The Balaban J connectivity index is 2.15. The van der Waals surface area contributed by atoms with E-state index in [-0.39, 0.29) is 0 Å². The van der Waals surface area contributed by atoms with Crippen molar-refractivity contribution in [2.75, 3.05) is 0 Å². The quantitative estimate of drug-likeness (QED) is 0.571. The number of aliphatic imine (C=N–C) groups is 2. The number of benzene rings is 2. The largest absolute Gasteiger partial charge is 0.457 e. The first-order chi connectivity index (χ1) is 11.8. The molecular formula is C20H20N2O3. The van der Waals surface area contributed by atoms with Gasteiger partial charge >= 0.3 is 0 Å². The molecule has 5 nitrogen and oxygen atoms in total. The van der Waals surface area contributed by atoms with Crippen LogP contribution in [0, 0.1) is 0 Å². The summed E-state index contributed by atoms with van der Waals surface area (Å²) in [4.78, 5) is 28.6. The van der Waals surface area contributed by atoms with Crippen molar-refractivity contribution in [3.8, 4) is 11.5 Å². The lowest BCUT2D eigenvalue weighted by atomic mass is 9.95. The van der Waals surface area contributed by atoms with Gasteiger partial charge in [0.25, 0.3) is 0 Å². The van der Waals surface area contributed by atoms with Crippen LogP contribution in [0.15, 0.2) is 58.5 Å². The molecule has 0 aliphatic heterocycles. The van der Waals surface area contributed by atoms with E-state index in [9.17, 15) is 9.59 Å². The van der Waals surface area contributed by atoms with E-state index in [1.807, 2.05) is 76.2 Å². The molecule has 0 bridgehead atoms. The third-order valence-electron chi connectivity index (χ3n) is 4.01. The van der Waals surface area contributed by atoms with Crippen LogP contribution in [0.2, 0.25) is 0 Å². The summed E-state index contributed by atoms with van der Waals surface area (Å²) in [5.74, 6) is 1.35. The molecule has 2 aromatic carbocycles. The standard InChI is InChI=1S/C20H20N2O3/c1-19(2,21-13-23)15-5-9-17(10-6-15)25-18-11-7-16(8-12-18)20(3,4)22-14-24/h5-12H,1-4H3. The fourth-order valence-corrected chi connectivity index (χ4v) is 2.36. The van der Waals surface area contributed by atoms with Crippen LogP contribution in [0.1, 0.15) is 38.8 Å². The molecule has 0 fully saturated rings. The molecule has 0 saturated heterocycles. The number of hydrogen-bond donors (Lipinski definition) is 0. The van der Waals surface area contributed by atoms with Gasteiger partial charge in [-0.1, -0.05) is 24.3 Å². The van der Waals surface area contributed by atoms with Crippen molar-refractivity contribution in [2.45, 2.75) is 38.8 Å². The number of rotatable bonds is 6. The summed E-state index contributed by atoms with van der Waals surface area (Å²) in [6.07, 6.45) is 3.20. The summed E-state index contributed by atoms with van der Waals surface area (Å²) in [6, 6.07) is 14.8. The monoisotopic (exact) mass is 336 g/mol. The molecule has 0 heterocycles. The molecule has 2 rings (SSSR count). The van der Waals surface area contributed by atoms with Crippen molar-refractivity contribution < 1.29 is 14.3 Å². The van der Waals surface area contributed by atoms with Crippen molar-refractivity contribution in [1.82, 2.24) is 0 Å². The van der Waals surface area contributed by atoms with Gasteiger partial charge in [-0.3, -0.25) is 0 Å². The Kier molecular flexibility index (Phi) is 5.33. The molecular weight excluding hydrogens is 316 g/mol. The molecule has 0 aliphatic rings. The minimum Gasteiger partial charge on any atom is -0.457 e. The molecule has 5 heteroatoms. The van der Waals surface area contributed by atoms with Crippen LogP contribution in [-0.4, -0.2) is 12.2 Å². The van der Waals surface area contributed by atoms with Crippen LogP contribution in [0.5, 0.6) is 11.5 Å². The van der Waals surface area contributed by atoms with Crippen LogP contribution < -0.4 is 4.74 Å². The van der Waals surface area contributed by atoms with Crippen molar-refractivity contribution >= 4 is 12.2 Å². The lowest BCUT2D eigenvalue weighted by Gasteiger charge is -2.19. The summed E-state index contributed by atoms with van der Waals surface area (Å²) in [5.41, 5.74) is 0.554. The molecule has 128 valence electrons. The molecule has 25 heavy (non-hydrogen) atoms. The summed E-state index contributed by atoms with van der Waals surface area (Å²) >= 11 is 0. The van der Waals surface area contributed by atoms with Crippen molar-refractivity contribution in [3.05, 3.63) is 59.7 Å². The maximum atomic E-state index is 10.5. The highest BCUT2D eigenvalue weighted by Crippen LogP contribution is 2.30. The van der Waals surface area contributed by atoms with Crippen LogP contribution in [0.25, 0.3) is 0 Å². The Hall–Kier alpha value is -3.00. The molecule has 2 aromatic rings. The fraction of sp³-hybridized carbons (Fsp3) is 0.300. The van der Waals surface area contributed by atoms with Gasteiger partial charge in [-0.25, -0.2) is 9.59 Å². The van der Waals surface area contributed by atoms with Gasteiger partial charge in [0, 0.05) is 0 Å². The van der Waals surface area contributed by atoms with Gasteiger partial charge < -0.3 is 4.74 Å². The van der Waals surface area contributed by atoms with E-state index in [0.717, 1.165) is 11.1 Å². The van der Waals surface area contributed by atoms with Crippen LogP contribution in [-0.2, 0) is 20.7 Å². The summed E-state index contributed by atoms with van der Waals surface area (Å²) in [5, 5.41) is 0. The van der Waals surface area contributed by atoms with Gasteiger partial charge in [0.05, 0.1) is 11.1 Å². The van der Waals surface area contributed by atoms with Gasteiger partial charge in [-0.05, 0) is 63.1 Å². The zero-order chi connectivity index (χ0) is 18.5.